The number of carbonyl (C=O) groups is 1. The summed E-state index contributed by atoms with van der Waals surface area (Å²) in [5.74, 6) is 0.812. The molecular formula is C14H17BrN2O. The molecule has 2 saturated carbocycles. The minimum atomic E-state index is -0.0491. The van der Waals surface area contributed by atoms with Crippen molar-refractivity contribution in [2.75, 3.05) is 12.3 Å². The summed E-state index contributed by atoms with van der Waals surface area (Å²) in [4.78, 5) is 12.1. The molecule has 0 spiro atoms. The molecule has 0 radical (unpaired) electrons. The van der Waals surface area contributed by atoms with Gasteiger partial charge in [-0.25, -0.2) is 0 Å². The van der Waals surface area contributed by atoms with E-state index in [0.717, 1.165) is 16.9 Å². The maximum Gasteiger partial charge on any atom is 0.253 e. The highest BCUT2D eigenvalue weighted by molar-refractivity contribution is 9.10. The van der Waals surface area contributed by atoms with Crippen LogP contribution in [0, 0.1) is 11.3 Å². The normalized spacial score (nSPS) is 20.5. The van der Waals surface area contributed by atoms with E-state index in [1.807, 2.05) is 6.07 Å². The quantitative estimate of drug-likeness (QED) is 0.840. The number of halogens is 1. The van der Waals surface area contributed by atoms with Gasteiger partial charge in [0.25, 0.3) is 5.91 Å². The lowest BCUT2D eigenvalue weighted by Crippen LogP contribution is -2.31. The number of benzene rings is 1. The highest BCUT2D eigenvalue weighted by Gasteiger charge is 2.53. The number of carbonyl (C=O) groups excluding carboxylic acids is 1. The summed E-state index contributed by atoms with van der Waals surface area (Å²) < 4.78 is 0.896. The third kappa shape index (κ3) is 2.26. The molecule has 1 aromatic carbocycles. The van der Waals surface area contributed by atoms with Gasteiger partial charge in [0.15, 0.2) is 0 Å². The average molecular weight is 309 g/mol. The lowest BCUT2D eigenvalue weighted by Gasteiger charge is -2.15. The van der Waals surface area contributed by atoms with Gasteiger partial charge in [0.2, 0.25) is 0 Å². The number of nitrogens with two attached hydrogens (primary N) is 1. The lowest BCUT2D eigenvalue weighted by molar-refractivity contribution is 0.0943. The van der Waals surface area contributed by atoms with Gasteiger partial charge in [-0.05, 0) is 55.2 Å². The molecule has 2 aliphatic rings. The van der Waals surface area contributed by atoms with Gasteiger partial charge in [-0.3, -0.25) is 4.79 Å². The Morgan fingerprint density at radius 1 is 1.44 bits per heavy atom. The van der Waals surface area contributed by atoms with Crippen LogP contribution in [-0.4, -0.2) is 12.5 Å². The van der Waals surface area contributed by atoms with Gasteiger partial charge in [-0.2, -0.15) is 0 Å². The Kier molecular flexibility index (Phi) is 2.85. The molecule has 96 valence electrons. The van der Waals surface area contributed by atoms with Crippen LogP contribution in [0.2, 0.25) is 0 Å². The van der Waals surface area contributed by atoms with Crippen molar-refractivity contribution in [2.24, 2.45) is 11.3 Å². The predicted octanol–water partition coefficient (Wildman–Crippen LogP) is 2.95. The highest BCUT2D eigenvalue weighted by atomic mass is 79.9. The van der Waals surface area contributed by atoms with Crippen molar-refractivity contribution in [1.29, 1.82) is 0 Å². The fourth-order valence-corrected chi connectivity index (χ4v) is 3.06. The van der Waals surface area contributed by atoms with Gasteiger partial charge in [-0.1, -0.05) is 15.9 Å². The highest BCUT2D eigenvalue weighted by Crippen LogP contribution is 2.60. The molecule has 1 aromatic rings. The smallest absolute Gasteiger partial charge is 0.253 e. The molecule has 2 aliphatic carbocycles. The molecule has 3 N–H and O–H groups in total. The minimum absolute atomic E-state index is 0.0491. The second-order valence-electron chi connectivity index (χ2n) is 5.55. The molecule has 0 saturated heterocycles. The minimum Gasteiger partial charge on any atom is -0.398 e. The molecule has 0 bridgehead atoms. The fraction of sp³-hybridized carbons (Fsp3) is 0.500. The first-order valence-electron chi connectivity index (χ1n) is 6.44. The van der Waals surface area contributed by atoms with Gasteiger partial charge in [-0.15, -0.1) is 0 Å². The molecular weight excluding hydrogens is 292 g/mol. The summed E-state index contributed by atoms with van der Waals surface area (Å²) in [6.07, 6.45) is 5.23. The van der Waals surface area contributed by atoms with E-state index in [2.05, 4.69) is 21.2 Å². The molecule has 4 heteroatoms. The van der Waals surface area contributed by atoms with E-state index in [4.69, 9.17) is 5.73 Å². The van der Waals surface area contributed by atoms with E-state index in [-0.39, 0.29) is 5.91 Å². The van der Waals surface area contributed by atoms with Gasteiger partial charge in [0, 0.05) is 16.7 Å². The molecule has 0 heterocycles. The number of anilines is 1. The van der Waals surface area contributed by atoms with Gasteiger partial charge in [0.1, 0.15) is 0 Å². The van der Waals surface area contributed by atoms with Crippen LogP contribution in [0.3, 0.4) is 0 Å². The second kappa shape index (κ2) is 4.26. The predicted molar refractivity (Wildman–Crippen MR) is 75.3 cm³/mol. The summed E-state index contributed by atoms with van der Waals surface area (Å²) >= 11 is 3.34. The molecule has 3 nitrogen and oxygen atoms in total. The van der Waals surface area contributed by atoms with Crippen molar-refractivity contribution >= 4 is 27.5 Å². The van der Waals surface area contributed by atoms with Gasteiger partial charge in [0.05, 0.1) is 5.56 Å². The van der Waals surface area contributed by atoms with Crippen LogP contribution in [0.15, 0.2) is 22.7 Å². The monoisotopic (exact) mass is 308 g/mol. The third-order valence-corrected chi connectivity index (χ3v) is 4.69. The number of nitrogen functional groups attached to an aromatic ring is 1. The number of hydrogen-bond acceptors (Lipinski definition) is 2. The third-order valence-electron chi connectivity index (χ3n) is 4.19. The van der Waals surface area contributed by atoms with Crippen LogP contribution in [0.1, 0.15) is 36.0 Å². The van der Waals surface area contributed by atoms with E-state index >= 15 is 0 Å². The van der Waals surface area contributed by atoms with Gasteiger partial charge >= 0.3 is 0 Å². The zero-order chi connectivity index (χ0) is 12.8. The van der Waals surface area contributed by atoms with Crippen molar-refractivity contribution in [1.82, 2.24) is 5.32 Å². The Hall–Kier alpha value is -1.03. The van der Waals surface area contributed by atoms with E-state index in [0.29, 0.717) is 16.7 Å². The number of nitrogens with one attached hydrogen (secondary N) is 1. The van der Waals surface area contributed by atoms with Crippen molar-refractivity contribution in [3.63, 3.8) is 0 Å². The van der Waals surface area contributed by atoms with Crippen molar-refractivity contribution in [3.05, 3.63) is 28.2 Å². The van der Waals surface area contributed by atoms with E-state index in [9.17, 15) is 4.79 Å². The van der Waals surface area contributed by atoms with Crippen molar-refractivity contribution in [2.45, 2.75) is 25.7 Å². The summed E-state index contributed by atoms with van der Waals surface area (Å²) in [5, 5.41) is 3.05. The average Bonchev–Trinajstić information content (AvgIpc) is 3.17. The maximum atomic E-state index is 12.1. The zero-order valence-electron chi connectivity index (χ0n) is 10.2. The standard InChI is InChI=1S/C14H17BrN2O/c15-10-3-4-11(12(16)7-10)13(18)17-8-14(5-6-14)9-1-2-9/h3-4,7,9H,1-2,5-6,8,16H2,(H,17,18). The van der Waals surface area contributed by atoms with Crippen LogP contribution in [-0.2, 0) is 0 Å². The summed E-state index contributed by atoms with van der Waals surface area (Å²) in [6, 6.07) is 5.38. The second-order valence-corrected chi connectivity index (χ2v) is 6.47. The molecule has 0 atom stereocenters. The first-order valence-corrected chi connectivity index (χ1v) is 7.23. The van der Waals surface area contributed by atoms with Crippen LogP contribution >= 0.6 is 15.9 Å². The number of amides is 1. The van der Waals surface area contributed by atoms with Crippen LogP contribution in [0.5, 0.6) is 0 Å². The summed E-state index contributed by atoms with van der Waals surface area (Å²) in [6.45, 7) is 0.812. The largest absolute Gasteiger partial charge is 0.398 e. The fourth-order valence-electron chi connectivity index (χ4n) is 2.68. The van der Waals surface area contributed by atoms with Crippen LogP contribution in [0.25, 0.3) is 0 Å². The number of rotatable bonds is 4. The van der Waals surface area contributed by atoms with Crippen LogP contribution in [0.4, 0.5) is 5.69 Å². The Labute approximate surface area is 115 Å². The lowest BCUT2D eigenvalue weighted by atomic mass is 10.0. The molecule has 3 rings (SSSR count). The van der Waals surface area contributed by atoms with Crippen LogP contribution < -0.4 is 11.1 Å². The molecule has 0 aliphatic heterocycles. The Morgan fingerprint density at radius 2 is 2.17 bits per heavy atom. The first kappa shape index (κ1) is 12.0. The number of hydrogen-bond donors (Lipinski definition) is 2. The Morgan fingerprint density at radius 3 is 2.72 bits per heavy atom. The SMILES string of the molecule is Nc1cc(Br)ccc1C(=O)NCC1(C2CC2)CC1. The Bertz CT molecular complexity index is 493. The Balaban J connectivity index is 1.64. The maximum absolute atomic E-state index is 12.1. The first-order chi connectivity index (χ1) is 8.61. The van der Waals surface area contributed by atoms with E-state index < -0.39 is 0 Å². The summed E-state index contributed by atoms with van der Waals surface area (Å²) in [5.41, 5.74) is 7.39. The van der Waals surface area contributed by atoms with E-state index in [1.54, 1.807) is 12.1 Å². The summed E-state index contributed by atoms with van der Waals surface area (Å²) in [7, 11) is 0. The van der Waals surface area contributed by atoms with Crippen molar-refractivity contribution in [3.8, 4) is 0 Å². The van der Waals surface area contributed by atoms with Crippen molar-refractivity contribution < 1.29 is 4.79 Å². The molecule has 18 heavy (non-hydrogen) atoms. The molecule has 0 aromatic heterocycles. The topological polar surface area (TPSA) is 55.1 Å². The van der Waals surface area contributed by atoms with Gasteiger partial charge < -0.3 is 11.1 Å². The molecule has 0 unspecified atom stereocenters. The molecule has 1 amide bonds. The molecule has 2 fully saturated rings. The van der Waals surface area contributed by atoms with E-state index in [1.165, 1.54) is 25.7 Å². The zero-order valence-corrected chi connectivity index (χ0v) is 11.8.